The summed E-state index contributed by atoms with van der Waals surface area (Å²) in [4.78, 5) is 15.6. The van der Waals surface area contributed by atoms with Crippen molar-refractivity contribution in [2.75, 3.05) is 31.9 Å². The maximum absolute atomic E-state index is 4.29. The van der Waals surface area contributed by atoms with Gasteiger partial charge in [0.05, 0.1) is 6.33 Å². The van der Waals surface area contributed by atoms with Gasteiger partial charge in [-0.25, -0.2) is 9.99 Å². The van der Waals surface area contributed by atoms with Crippen LogP contribution in [0.5, 0.6) is 0 Å². The normalized spacial score (nSPS) is 10.9. The molecule has 0 aliphatic rings. The number of hydrazine groups is 1. The lowest BCUT2D eigenvalue weighted by molar-refractivity contribution is 0.493. The molecule has 0 bridgehead atoms. The van der Waals surface area contributed by atoms with E-state index in [0.29, 0.717) is 17.4 Å². The quantitative estimate of drug-likeness (QED) is 0.627. The molecule has 2 aromatic rings. The average molecular weight is 207 g/mol. The van der Waals surface area contributed by atoms with Crippen LogP contribution in [-0.2, 0) is 0 Å². The SMILES string of the molecule is CNc1nc(NN(C)C)c2[nH]cnc2n1. The fraction of sp³-hybridized carbons (Fsp3) is 0.375. The first kappa shape index (κ1) is 9.66. The fourth-order valence-corrected chi connectivity index (χ4v) is 1.24. The summed E-state index contributed by atoms with van der Waals surface area (Å²) in [6.45, 7) is 0. The van der Waals surface area contributed by atoms with Crippen LogP contribution >= 0.6 is 0 Å². The predicted octanol–water partition coefficient (Wildman–Crippen LogP) is 0.283. The lowest BCUT2D eigenvalue weighted by atomic mass is 10.5. The van der Waals surface area contributed by atoms with Gasteiger partial charge in [0.2, 0.25) is 5.95 Å². The molecule has 0 aliphatic carbocycles. The van der Waals surface area contributed by atoms with Crippen molar-refractivity contribution >= 4 is 22.9 Å². The Hall–Kier alpha value is -1.89. The van der Waals surface area contributed by atoms with E-state index < -0.39 is 0 Å². The second-order valence-corrected chi connectivity index (χ2v) is 3.25. The molecule has 80 valence electrons. The van der Waals surface area contributed by atoms with Crippen molar-refractivity contribution in [2.24, 2.45) is 0 Å². The largest absolute Gasteiger partial charge is 0.357 e. The number of imidazole rings is 1. The van der Waals surface area contributed by atoms with Crippen molar-refractivity contribution in [3.63, 3.8) is 0 Å². The van der Waals surface area contributed by atoms with Gasteiger partial charge in [-0.15, -0.1) is 0 Å². The van der Waals surface area contributed by atoms with Gasteiger partial charge in [-0.2, -0.15) is 9.97 Å². The van der Waals surface area contributed by atoms with Crippen LogP contribution in [0, 0.1) is 0 Å². The van der Waals surface area contributed by atoms with Gasteiger partial charge in [0.1, 0.15) is 5.52 Å². The van der Waals surface area contributed by atoms with E-state index in [1.54, 1.807) is 13.4 Å². The molecule has 0 aromatic carbocycles. The summed E-state index contributed by atoms with van der Waals surface area (Å²) in [7, 11) is 5.56. The third kappa shape index (κ3) is 1.82. The maximum Gasteiger partial charge on any atom is 0.226 e. The van der Waals surface area contributed by atoms with Gasteiger partial charge in [-0.3, -0.25) is 0 Å². The van der Waals surface area contributed by atoms with Gasteiger partial charge in [-0.05, 0) is 0 Å². The topological polar surface area (TPSA) is 81.8 Å². The van der Waals surface area contributed by atoms with Crippen LogP contribution in [0.1, 0.15) is 0 Å². The molecule has 0 spiro atoms. The van der Waals surface area contributed by atoms with Crippen LogP contribution in [0.3, 0.4) is 0 Å². The Morgan fingerprint density at radius 3 is 2.80 bits per heavy atom. The third-order valence-corrected chi connectivity index (χ3v) is 1.84. The number of hydrogen-bond acceptors (Lipinski definition) is 6. The number of nitrogens with one attached hydrogen (secondary N) is 3. The number of aromatic nitrogens is 4. The van der Waals surface area contributed by atoms with Gasteiger partial charge < -0.3 is 15.7 Å². The number of aromatic amines is 1. The van der Waals surface area contributed by atoms with E-state index >= 15 is 0 Å². The average Bonchev–Trinajstić information content (AvgIpc) is 2.64. The molecule has 0 radical (unpaired) electrons. The summed E-state index contributed by atoms with van der Waals surface area (Å²) >= 11 is 0. The van der Waals surface area contributed by atoms with Crippen LogP contribution in [0.15, 0.2) is 6.33 Å². The van der Waals surface area contributed by atoms with Crippen molar-refractivity contribution in [2.45, 2.75) is 0 Å². The fourth-order valence-electron chi connectivity index (χ4n) is 1.24. The molecule has 0 aliphatic heterocycles. The van der Waals surface area contributed by atoms with Crippen LogP contribution in [0.4, 0.5) is 11.8 Å². The van der Waals surface area contributed by atoms with Gasteiger partial charge >= 0.3 is 0 Å². The zero-order valence-corrected chi connectivity index (χ0v) is 8.87. The van der Waals surface area contributed by atoms with Crippen molar-refractivity contribution < 1.29 is 0 Å². The highest BCUT2D eigenvalue weighted by molar-refractivity contribution is 5.83. The first-order valence-corrected chi connectivity index (χ1v) is 4.53. The summed E-state index contributed by atoms with van der Waals surface area (Å²) in [5.41, 5.74) is 4.51. The maximum atomic E-state index is 4.29. The highest BCUT2D eigenvalue weighted by Gasteiger charge is 2.08. The molecule has 2 aromatic heterocycles. The van der Waals surface area contributed by atoms with E-state index in [9.17, 15) is 0 Å². The molecule has 7 heteroatoms. The molecule has 3 N–H and O–H groups in total. The Kier molecular flexibility index (Phi) is 2.38. The Morgan fingerprint density at radius 2 is 2.13 bits per heavy atom. The minimum absolute atomic E-state index is 0.541. The van der Waals surface area contributed by atoms with E-state index in [1.807, 2.05) is 19.1 Å². The zero-order valence-electron chi connectivity index (χ0n) is 8.87. The molecule has 0 unspecified atom stereocenters. The molecule has 0 amide bonds. The molecule has 15 heavy (non-hydrogen) atoms. The highest BCUT2D eigenvalue weighted by atomic mass is 15.5. The summed E-state index contributed by atoms with van der Waals surface area (Å²) in [6.07, 6.45) is 1.60. The minimum atomic E-state index is 0.541. The molecular weight excluding hydrogens is 194 g/mol. The number of nitrogens with zero attached hydrogens (tertiary/aromatic N) is 4. The Labute approximate surface area is 86.9 Å². The predicted molar refractivity (Wildman–Crippen MR) is 58.5 cm³/mol. The standard InChI is InChI=1S/C8H13N7/c1-9-8-12-6-5(10-4-11-6)7(13-8)14-15(2)3/h4H,1-3H3,(H3,9,10,11,12,13,14). The van der Waals surface area contributed by atoms with Crippen LogP contribution in [0.2, 0.25) is 0 Å². The molecule has 2 heterocycles. The molecule has 0 fully saturated rings. The molecule has 0 saturated carbocycles. The van der Waals surface area contributed by atoms with Crippen LogP contribution < -0.4 is 10.7 Å². The lowest BCUT2D eigenvalue weighted by Gasteiger charge is -2.13. The van der Waals surface area contributed by atoms with Gasteiger partial charge in [0.25, 0.3) is 0 Å². The lowest BCUT2D eigenvalue weighted by Crippen LogP contribution is -2.21. The Bertz CT molecular complexity index is 461. The summed E-state index contributed by atoms with van der Waals surface area (Å²) in [5.74, 6) is 1.24. The summed E-state index contributed by atoms with van der Waals surface area (Å²) in [5, 5.41) is 4.70. The van der Waals surface area contributed by atoms with Crippen molar-refractivity contribution in [3.8, 4) is 0 Å². The van der Waals surface area contributed by atoms with E-state index in [4.69, 9.17) is 0 Å². The molecule has 0 saturated heterocycles. The van der Waals surface area contributed by atoms with Crippen LogP contribution in [0.25, 0.3) is 11.2 Å². The van der Waals surface area contributed by atoms with E-state index in [-0.39, 0.29) is 0 Å². The summed E-state index contributed by atoms with van der Waals surface area (Å²) < 4.78 is 0. The monoisotopic (exact) mass is 207 g/mol. The molecule has 0 atom stereocenters. The second kappa shape index (κ2) is 3.70. The van der Waals surface area contributed by atoms with Crippen LogP contribution in [-0.4, -0.2) is 46.1 Å². The number of fused-ring (bicyclic) bond motifs is 1. The number of rotatable bonds is 3. The smallest absolute Gasteiger partial charge is 0.226 e. The number of anilines is 2. The van der Waals surface area contributed by atoms with E-state index in [1.165, 1.54) is 0 Å². The summed E-state index contributed by atoms with van der Waals surface area (Å²) in [6, 6.07) is 0. The van der Waals surface area contributed by atoms with E-state index in [2.05, 4.69) is 30.7 Å². The Morgan fingerprint density at radius 1 is 1.33 bits per heavy atom. The Balaban J connectivity index is 2.53. The van der Waals surface area contributed by atoms with E-state index in [0.717, 1.165) is 5.52 Å². The number of H-pyrrole nitrogens is 1. The van der Waals surface area contributed by atoms with Crippen molar-refractivity contribution in [1.29, 1.82) is 0 Å². The second-order valence-electron chi connectivity index (χ2n) is 3.25. The zero-order chi connectivity index (χ0) is 10.8. The third-order valence-electron chi connectivity index (χ3n) is 1.84. The molecule has 7 nitrogen and oxygen atoms in total. The highest BCUT2D eigenvalue weighted by Crippen LogP contribution is 2.18. The minimum Gasteiger partial charge on any atom is -0.357 e. The van der Waals surface area contributed by atoms with Gasteiger partial charge in [0.15, 0.2) is 11.5 Å². The molecular formula is C8H13N7. The van der Waals surface area contributed by atoms with Gasteiger partial charge in [0, 0.05) is 21.1 Å². The first-order chi connectivity index (χ1) is 7.20. The molecule has 2 rings (SSSR count). The van der Waals surface area contributed by atoms with Crippen molar-refractivity contribution in [3.05, 3.63) is 6.33 Å². The van der Waals surface area contributed by atoms with Gasteiger partial charge in [-0.1, -0.05) is 0 Å². The first-order valence-electron chi connectivity index (χ1n) is 4.53. The number of hydrogen-bond donors (Lipinski definition) is 3. The van der Waals surface area contributed by atoms with Crippen molar-refractivity contribution in [1.82, 2.24) is 24.9 Å².